The first kappa shape index (κ1) is 25.2. The zero-order valence-corrected chi connectivity index (χ0v) is 23.0. The largest absolute Gasteiger partial charge is 0.373 e. The molecule has 3 aromatic rings. The normalized spacial score (nSPS) is 12.9. The summed E-state index contributed by atoms with van der Waals surface area (Å²) in [5.74, 6) is 0.930. The molecule has 5 nitrogen and oxygen atoms in total. The fourth-order valence-electron chi connectivity index (χ4n) is 4.01. The highest BCUT2D eigenvalue weighted by atomic mass is 32.2. The van der Waals surface area contributed by atoms with E-state index in [1.165, 1.54) is 20.9 Å². The molecule has 0 saturated heterocycles. The van der Waals surface area contributed by atoms with Gasteiger partial charge in [-0.15, -0.1) is 0 Å². The Bertz CT molecular complexity index is 1110. The van der Waals surface area contributed by atoms with Gasteiger partial charge in [0.2, 0.25) is 0 Å². The summed E-state index contributed by atoms with van der Waals surface area (Å²) in [6, 6.07) is 18.3. The van der Waals surface area contributed by atoms with Gasteiger partial charge >= 0.3 is 0 Å². The quantitative estimate of drug-likeness (QED) is 0.176. The molecule has 0 amide bonds. The number of ether oxygens (including phenoxy) is 2. The third kappa shape index (κ3) is 6.20. The van der Waals surface area contributed by atoms with Crippen LogP contribution >= 0.6 is 11.8 Å². The first-order valence-corrected chi connectivity index (χ1v) is 16.6. The van der Waals surface area contributed by atoms with Crippen LogP contribution in [-0.2, 0) is 22.8 Å². The molecule has 2 aromatic carbocycles. The lowest BCUT2D eigenvalue weighted by Crippen LogP contribution is -2.22. The van der Waals surface area contributed by atoms with Gasteiger partial charge in [-0.2, -0.15) is 0 Å². The molecule has 182 valence electrons. The highest BCUT2D eigenvalue weighted by molar-refractivity contribution is 7.99. The number of benzene rings is 2. The van der Waals surface area contributed by atoms with Gasteiger partial charge in [0.05, 0.1) is 11.4 Å². The summed E-state index contributed by atoms with van der Waals surface area (Å²) in [6.45, 7) is 10.6. The first-order chi connectivity index (χ1) is 16.3. The lowest BCUT2D eigenvalue weighted by atomic mass is 10.0. The molecule has 0 aliphatic carbocycles. The maximum Gasteiger partial charge on any atom is 0.137 e. The van der Waals surface area contributed by atoms with Crippen molar-refractivity contribution in [3.05, 3.63) is 54.4 Å². The van der Waals surface area contributed by atoms with Crippen molar-refractivity contribution in [2.45, 2.75) is 55.2 Å². The Labute approximate surface area is 209 Å². The molecule has 0 unspecified atom stereocenters. The minimum atomic E-state index is -1.16. The van der Waals surface area contributed by atoms with E-state index in [1.54, 1.807) is 0 Å². The molecule has 2 heterocycles. The molecule has 34 heavy (non-hydrogen) atoms. The Morgan fingerprint density at radius 1 is 0.912 bits per heavy atom. The predicted molar refractivity (Wildman–Crippen MR) is 144 cm³/mol. The SMILES string of the molecule is CN(C)CCCOCc1nc2c(n1COCC[Si](C)(C)C)-c1ccccc1Sc1ccccc1-2. The van der Waals surface area contributed by atoms with E-state index in [1.807, 2.05) is 11.8 Å². The zero-order chi connectivity index (χ0) is 24.1. The van der Waals surface area contributed by atoms with E-state index < -0.39 is 8.07 Å². The van der Waals surface area contributed by atoms with E-state index in [-0.39, 0.29) is 0 Å². The average Bonchev–Trinajstić information content (AvgIpc) is 3.07. The molecule has 0 fully saturated rings. The van der Waals surface area contributed by atoms with Crippen molar-refractivity contribution < 1.29 is 9.47 Å². The Kier molecular flexibility index (Phi) is 8.32. The van der Waals surface area contributed by atoms with Gasteiger partial charge < -0.3 is 18.9 Å². The second kappa shape index (κ2) is 11.2. The topological polar surface area (TPSA) is 39.5 Å². The van der Waals surface area contributed by atoms with Gasteiger partial charge in [-0.3, -0.25) is 0 Å². The fraction of sp³-hybridized carbons (Fsp3) is 0.444. The summed E-state index contributed by atoms with van der Waals surface area (Å²) < 4.78 is 14.6. The summed E-state index contributed by atoms with van der Waals surface area (Å²) in [7, 11) is 3.03. The Morgan fingerprint density at radius 2 is 1.59 bits per heavy atom. The van der Waals surface area contributed by atoms with Crippen LogP contribution in [0.2, 0.25) is 25.7 Å². The predicted octanol–water partition coefficient (Wildman–Crippen LogP) is 6.46. The minimum Gasteiger partial charge on any atom is -0.373 e. The lowest BCUT2D eigenvalue weighted by Gasteiger charge is -2.18. The van der Waals surface area contributed by atoms with E-state index >= 15 is 0 Å². The maximum atomic E-state index is 6.25. The van der Waals surface area contributed by atoms with E-state index in [4.69, 9.17) is 14.5 Å². The second-order valence-corrected chi connectivity index (χ2v) is 17.0. The van der Waals surface area contributed by atoms with Gasteiger partial charge in [-0.25, -0.2) is 4.98 Å². The molecule has 0 spiro atoms. The standard InChI is InChI=1S/C27H37N3O2SSi/c1-29(2)15-10-16-31-19-25-28-26-21-11-6-8-13-23(21)33-24-14-9-7-12-22(24)27(26)30(25)20-32-17-18-34(3,4)5/h6-9,11-14H,10,15-20H2,1-5H3. The molecule has 1 aliphatic rings. The van der Waals surface area contributed by atoms with Gasteiger partial charge in [-0.1, -0.05) is 67.8 Å². The van der Waals surface area contributed by atoms with Crippen molar-refractivity contribution in [1.82, 2.24) is 14.5 Å². The number of aromatic nitrogens is 2. The summed E-state index contributed by atoms with van der Waals surface area (Å²) in [5.41, 5.74) is 4.54. The monoisotopic (exact) mass is 495 g/mol. The molecule has 0 bridgehead atoms. The summed E-state index contributed by atoms with van der Waals surface area (Å²) in [5, 5.41) is 0. The Hall–Kier alpha value is -1.90. The lowest BCUT2D eigenvalue weighted by molar-refractivity contribution is 0.0707. The van der Waals surface area contributed by atoms with Gasteiger partial charge in [0.1, 0.15) is 19.2 Å². The molecule has 0 saturated carbocycles. The summed E-state index contributed by atoms with van der Waals surface area (Å²) >= 11 is 1.81. The number of hydrogen-bond acceptors (Lipinski definition) is 5. The zero-order valence-electron chi connectivity index (χ0n) is 21.1. The van der Waals surface area contributed by atoms with Crippen LogP contribution in [0, 0.1) is 0 Å². The molecule has 4 rings (SSSR count). The van der Waals surface area contributed by atoms with Crippen molar-refractivity contribution in [3.63, 3.8) is 0 Å². The van der Waals surface area contributed by atoms with Crippen LogP contribution in [0.15, 0.2) is 58.3 Å². The Balaban J connectivity index is 1.69. The van der Waals surface area contributed by atoms with Gasteiger partial charge in [0.15, 0.2) is 0 Å². The van der Waals surface area contributed by atoms with Gasteiger partial charge in [-0.05, 0) is 45.2 Å². The van der Waals surface area contributed by atoms with Crippen molar-refractivity contribution in [3.8, 4) is 22.5 Å². The fourth-order valence-corrected chi connectivity index (χ4v) is 5.85. The molecule has 1 aromatic heterocycles. The highest BCUT2D eigenvalue weighted by Gasteiger charge is 2.27. The first-order valence-electron chi connectivity index (χ1n) is 12.1. The average molecular weight is 496 g/mol. The van der Waals surface area contributed by atoms with E-state index in [9.17, 15) is 0 Å². The summed E-state index contributed by atoms with van der Waals surface area (Å²) in [4.78, 5) is 9.82. The van der Waals surface area contributed by atoms with E-state index in [2.05, 4.69) is 91.7 Å². The van der Waals surface area contributed by atoms with E-state index in [0.717, 1.165) is 49.4 Å². The minimum absolute atomic E-state index is 0.481. The second-order valence-electron chi connectivity index (χ2n) is 10.3. The molecule has 0 N–H and O–H groups in total. The van der Waals surface area contributed by atoms with Gasteiger partial charge in [0, 0.05) is 42.2 Å². The Morgan fingerprint density at radius 3 is 2.29 bits per heavy atom. The van der Waals surface area contributed by atoms with Crippen LogP contribution in [0.4, 0.5) is 0 Å². The number of fused-ring (bicyclic) bond motifs is 5. The van der Waals surface area contributed by atoms with E-state index in [0.29, 0.717) is 13.3 Å². The maximum absolute atomic E-state index is 6.25. The molecule has 0 atom stereocenters. The van der Waals surface area contributed by atoms with Crippen molar-refractivity contribution in [2.75, 3.05) is 33.9 Å². The number of hydrogen-bond donors (Lipinski definition) is 0. The molecular weight excluding hydrogens is 458 g/mol. The van der Waals surface area contributed by atoms with Gasteiger partial charge in [0.25, 0.3) is 0 Å². The molecule has 7 heteroatoms. The summed E-state index contributed by atoms with van der Waals surface area (Å²) in [6.07, 6.45) is 1.00. The number of imidazole rings is 1. The van der Waals surface area contributed by atoms with Crippen LogP contribution in [0.3, 0.4) is 0 Å². The van der Waals surface area contributed by atoms with Crippen LogP contribution in [0.1, 0.15) is 12.2 Å². The number of rotatable bonds is 11. The van der Waals surface area contributed by atoms with Crippen LogP contribution in [0.25, 0.3) is 22.5 Å². The molecule has 1 aliphatic heterocycles. The van der Waals surface area contributed by atoms with Crippen molar-refractivity contribution >= 4 is 19.8 Å². The smallest absolute Gasteiger partial charge is 0.137 e. The van der Waals surface area contributed by atoms with Crippen LogP contribution in [0.5, 0.6) is 0 Å². The highest BCUT2D eigenvalue weighted by Crippen LogP contribution is 2.47. The molecular formula is C27H37N3O2SSi. The number of nitrogens with zero attached hydrogens (tertiary/aromatic N) is 3. The van der Waals surface area contributed by atoms with Crippen LogP contribution in [-0.4, -0.2) is 56.4 Å². The van der Waals surface area contributed by atoms with Crippen molar-refractivity contribution in [1.29, 1.82) is 0 Å². The van der Waals surface area contributed by atoms with Crippen LogP contribution < -0.4 is 0 Å². The molecule has 0 radical (unpaired) electrons. The third-order valence-electron chi connectivity index (χ3n) is 5.89. The van der Waals surface area contributed by atoms with Crippen molar-refractivity contribution in [2.24, 2.45) is 0 Å². The third-order valence-corrected chi connectivity index (χ3v) is 8.75.